The molecule has 0 spiro atoms. The van der Waals surface area contributed by atoms with Gasteiger partial charge in [-0.05, 0) is 13.0 Å². The minimum absolute atomic E-state index is 0.329. The predicted molar refractivity (Wildman–Crippen MR) is 75.2 cm³/mol. The zero-order chi connectivity index (χ0) is 13.4. The molecular formula is C14H20ClNO2. The van der Waals surface area contributed by atoms with E-state index in [4.69, 9.17) is 21.1 Å². The first-order chi connectivity index (χ1) is 8.63. The summed E-state index contributed by atoms with van der Waals surface area (Å²) in [6.07, 6.45) is 0. The summed E-state index contributed by atoms with van der Waals surface area (Å²) in [5, 5.41) is 3.79. The first kappa shape index (κ1) is 15.0. The molecule has 0 aliphatic rings. The van der Waals surface area contributed by atoms with Gasteiger partial charge in [-0.1, -0.05) is 35.9 Å². The molecule has 3 nitrogen and oxygen atoms in total. The van der Waals surface area contributed by atoms with Crippen molar-refractivity contribution in [3.05, 3.63) is 40.9 Å². The minimum Gasteiger partial charge on any atom is -0.488 e. The Balaban J connectivity index is 2.61. The quantitative estimate of drug-likeness (QED) is 0.736. The molecule has 0 bridgehead atoms. The lowest BCUT2D eigenvalue weighted by atomic mass is 10.1. The van der Waals surface area contributed by atoms with Crippen molar-refractivity contribution in [2.45, 2.75) is 13.5 Å². The molecule has 0 amide bonds. The van der Waals surface area contributed by atoms with Crippen LogP contribution in [0.4, 0.5) is 0 Å². The van der Waals surface area contributed by atoms with Gasteiger partial charge in [0.15, 0.2) is 0 Å². The summed E-state index contributed by atoms with van der Waals surface area (Å²) in [5.41, 5.74) is 2.32. The third-order valence-electron chi connectivity index (χ3n) is 2.40. The predicted octanol–water partition coefficient (Wildman–Crippen LogP) is 2.86. The Kier molecular flexibility index (Phi) is 6.80. The zero-order valence-electron chi connectivity index (χ0n) is 11.0. The second kappa shape index (κ2) is 8.14. The highest BCUT2D eigenvalue weighted by Crippen LogP contribution is 2.20. The monoisotopic (exact) mass is 269 g/mol. The Labute approximate surface area is 114 Å². The molecule has 0 aliphatic heterocycles. The van der Waals surface area contributed by atoms with E-state index in [2.05, 4.69) is 24.9 Å². The highest BCUT2D eigenvalue weighted by atomic mass is 35.5. The van der Waals surface area contributed by atoms with Gasteiger partial charge in [0.2, 0.25) is 0 Å². The van der Waals surface area contributed by atoms with Crippen molar-refractivity contribution in [2.24, 2.45) is 0 Å². The van der Waals surface area contributed by atoms with E-state index in [1.807, 2.05) is 12.1 Å². The normalized spacial score (nSPS) is 10.4. The SMILES string of the molecule is C=C(Cl)COc1ccc(C)cc1CNCCOC. The van der Waals surface area contributed by atoms with Crippen molar-refractivity contribution in [2.75, 3.05) is 26.9 Å². The van der Waals surface area contributed by atoms with Crippen LogP contribution in [0.15, 0.2) is 29.8 Å². The molecule has 1 rings (SSSR count). The van der Waals surface area contributed by atoms with E-state index in [9.17, 15) is 0 Å². The van der Waals surface area contributed by atoms with Crippen LogP contribution in [0, 0.1) is 6.92 Å². The van der Waals surface area contributed by atoms with Gasteiger partial charge < -0.3 is 14.8 Å². The maximum absolute atomic E-state index is 5.71. The first-order valence-electron chi connectivity index (χ1n) is 5.88. The molecule has 0 atom stereocenters. The lowest BCUT2D eigenvalue weighted by Crippen LogP contribution is -2.19. The van der Waals surface area contributed by atoms with Crippen LogP contribution in [0.2, 0.25) is 0 Å². The summed E-state index contributed by atoms with van der Waals surface area (Å²) < 4.78 is 10.6. The standard InChI is InChI=1S/C14H20ClNO2/c1-11-4-5-14(18-10-12(2)15)13(8-11)9-16-6-7-17-3/h4-5,8,16H,2,6-7,9-10H2,1,3H3. The number of aryl methyl sites for hydroxylation is 1. The molecule has 100 valence electrons. The van der Waals surface area contributed by atoms with Gasteiger partial charge in [-0.25, -0.2) is 0 Å². The molecule has 0 saturated heterocycles. The van der Waals surface area contributed by atoms with Crippen molar-refractivity contribution in [3.63, 3.8) is 0 Å². The van der Waals surface area contributed by atoms with Crippen LogP contribution in [0.5, 0.6) is 5.75 Å². The molecule has 0 radical (unpaired) electrons. The van der Waals surface area contributed by atoms with Gasteiger partial charge in [0.1, 0.15) is 12.4 Å². The fourth-order valence-corrected chi connectivity index (χ4v) is 1.60. The van der Waals surface area contributed by atoms with E-state index in [0.717, 1.165) is 24.4 Å². The van der Waals surface area contributed by atoms with Crippen LogP contribution in [0.3, 0.4) is 0 Å². The number of ether oxygens (including phenoxy) is 2. The Morgan fingerprint density at radius 3 is 2.89 bits per heavy atom. The highest BCUT2D eigenvalue weighted by Gasteiger charge is 2.04. The third-order valence-corrected chi connectivity index (χ3v) is 2.51. The summed E-state index contributed by atoms with van der Waals surface area (Å²) in [4.78, 5) is 0. The van der Waals surface area contributed by atoms with Crippen LogP contribution in [-0.4, -0.2) is 26.9 Å². The Bertz CT molecular complexity index is 393. The summed E-state index contributed by atoms with van der Waals surface area (Å²) in [6.45, 7) is 8.25. The number of methoxy groups -OCH3 is 1. The number of nitrogens with one attached hydrogen (secondary N) is 1. The molecule has 1 N–H and O–H groups in total. The maximum atomic E-state index is 5.71. The molecule has 0 unspecified atom stereocenters. The number of rotatable bonds is 8. The molecule has 0 heterocycles. The molecule has 4 heteroatoms. The first-order valence-corrected chi connectivity index (χ1v) is 6.26. The summed E-state index contributed by atoms with van der Waals surface area (Å²) in [5.74, 6) is 0.840. The second-order valence-corrected chi connectivity index (χ2v) is 4.62. The fraction of sp³-hybridized carbons (Fsp3) is 0.429. The summed E-state index contributed by atoms with van der Waals surface area (Å²) >= 11 is 5.71. The van der Waals surface area contributed by atoms with Crippen molar-refractivity contribution < 1.29 is 9.47 Å². The molecule has 0 fully saturated rings. The van der Waals surface area contributed by atoms with Crippen LogP contribution in [-0.2, 0) is 11.3 Å². The summed E-state index contributed by atoms with van der Waals surface area (Å²) in [6, 6.07) is 6.08. The van der Waals surface area contributed by atoms with Gasteiger partial charge in [0, 0.05) is 30.8 Å². The zero-order valence-corrected chi connectivity index (χ0v) is 11.7. The van der Waals surface area contributed by atoms with E-state index >= 15 is 0 Å². The van der Waals surface area contributed by atoms with Gasteiger partial charge in [0.25, 0.3) is 0 Å². The number of hydrogen-bond donors (Lipinski definition) is 1. The van der Waals surface area contributed by atoms with Crippen molar-refractivity contribution in [1.82, 2.24) is 5.32 Å². The Morgan fingerprint density at radius 2 is 2.22 bits per heavy atom. The van der Waals surface area contributed by atoms with Crippen LogP contribution >= 0.6 is 11.6 Å². The van der Waals surface area contributed by atoms with Gasteiger partial charge >= 0.3 is 0 Å². The molecular weight excluding hydrogens is 250 g/mol. The van der Waals surface area contributed by atoms with E-state index in [1.54, 1.807) is 7.11 Å². The second-order valence-electron chi connectivity index (χ2n) is 4.09. The third kappa shape index (κ3) is 5.54. The smallest absolute Gasteiger partial charge is 0.124 e. The van der Waals surface area contributed by atoms with Crippen LogP contribution < -0.4 is 10.1 Å². The van der Waals surface area contributed by atoms with Crippen molar-refractivity contribution in [1.29, 1.82) is 0 Å². The Hall–Kier alpha value is -1.03. The topological polar surface area (TPSA) is 30.5 Å². The molecule has 1 aromatic carbocycles. The number of hydrogen-bond acceptors (Lipinski definition) is 3. The molecule has 0 saturated carbocycles. The molecule has 18 heavy (non-hydrogen) atoms. The van der Waals surface area contributed by atoms with Gasteiger partial charge in [-0.15, -0.1) is 0 Å². The van der Waals surface area contributed by atoms with Gasteiger partial charge in [-0.2, -0.15) is 0 Å². The van der Waals surface area contributed by atoms with E-state index < -0.39 is 0 Å². The number of halogens is 1. The Morgan fingerprint density at radius 1 is 1.44 bits per heavy atom. The maximum Gasteiger partial charge on any atom is 0.124 e. The van der Waals surface area contributed by atoms with Gasteiger partial charge in [0.05, 0.1) is 6.61 Å². The molecule has 1 aromatic rings. The lowest BCUT2D eigenvalue weighted by molar-refractivity contribution is 0.199. The molecule has 0 aromatic heterocycles. The van der Waals surface area contributed by atoms with Crippen LogP contribution in [0.25, 0.3) is 0 Å². The summed E-state index contributed by atoms with van der Waals surface area (Å²) in [7, 11) is 1.69. The van der Waals surface area contributed by atoms with Crippen molar-refractivity contribution in [3.8, 4) is 5.75 Å². The average Bonchev–Trinajstić information content (AvgIpc) is 2.33. The van der Waals surface area contributed by atoms with Crippen LogP contribution in [0.1, 0.15) is 11.1 Å². The minimum atomic E-state index is 0.329. The van der Waals surface area contributed by atoms with Gasteiger partial charge in [-0.3, -0.25) is 0 Å². The average molecular weight is 270 g/mol. The van der Waals surface area contributed by atoms with E-state index in [-0.39, 0.29) is 0 Å². The van der Waals surface area contributed by atoms with E-state index in [1.165, 1.54) is 5.56 Å². The van der Waals surface area contributed by atoms with Crippen molar-refractivity contribution >= 4 is 11.6 Å². The fourth-order valence-electron chi connectivity index (χ4n) is 1.54. The number of benzene rings is 1. The largest absolute Gasteiger partial charge is 0.488 e. The van der Waals surface area contributed by atoms with E-state index in [0.29, 0.717) is 18.2 Å². The highest BCUT2D eigenvalue weighted by molar-refractivity contribution is 6.29. The molecule has 0 aliphatic carbocycles. The lowest BCUT2D eigenvalue weighted by Gasteiger charge is -2.12.